The molecule has 0 aromatic heterocycles. The van der Waals surface area contributed by atoms with Crippen LogP contribution in [0.2, 0.25) is 0 Å². The van der Waals surface area contributed by atoms with Gasteiger partial charge in [0.05, 0.1) is 11.3 Å². The lowest BCUT2D eigenvalue weighted by Gasteiger charge is -2.23. The van der Waals surface area contributed by atoms with Crippen molar-refractivity contribution >= 4 is 17.6 Å². The molecule has 23 heavy (non-hydrogen) atoms. The fourth-order valence-corrected chi connectivity index (χ4v) is 2.59. The molecule has 0 atom stereocenters. The lowest BCUT2D eigenvalue weighted by Crippen LogP contribution is -2.40. The van der Waals surface area contributed by atoms with E-state index >= 15 is 0 Å². The number of hydrogen-bond donors (Lipinski definition) is 1. The third kappa shape index (κ3) is 4.22. The first-order valence-corrected chi connectivity index (χ1v) is 7.86. The van der Waals surface area contributed by atoms with Crippen LogP contribution in [0.1, 0.15) is 25.8 Å². The molecule has 1 N–H and O–H groups in total. The summed E-state index contributed by atoms with van der Waals surface area (Å²) in [7, 11) is 0. The van der Waals surface area contributed by atoms with E-state index in [0.29, 0.717) is 37.4 Å². The Morgan fingerprint density at radius 2 is 1.78 bits per heavy atom. The lowest BCUT2D eigenvalue weighted by molar-refractivity contribution is -0.134. The first-order valence-electron chi connectivity index (χ1n) is 7.86. The van der Waals surface area contributed by atoms with E-state index in [0.717, 1.165) is 6.42 Å². The molecule has 0 radical (unpaired) electrons. The van der Waals surface area contributed by atoms with Crippen LogP contribution in [0.4, 0.5) is 10.5 Å². The maximum Gasteiger partial charge on any atom is 0.321 e. The smallest absolute Gasteiger partial charge is 0.321 e. The number of carbonyl (C=O) groups excluding carboxylic acids is 2. The summed E-state index contributed by atoms with van der Waals surface area (Å²) in [5, 5.41) is 11.9. The van der Waals surface area contributed by atoms with Gasteiger partial charge in [0, 0.05) is 32.1 Å². The first kappa shape index (κ1) is 16.8. The number of para-hydroxylation sites is 1. The topological polar surface area (TPSA) is 76.4 Å². The van der Waals surface area contributed by atoms with Gasteiger partial charge in [0.25, 0.3) is 0 Å². The number of rotatable bonds is 2. The largest absolute Gasteiger partial charge is 0.341 e. The van der Waals surface area contributed by atoms with E-state index in [4.69, 9.17) is 5.26 Å². The second-order valence-electron chi connectivity index (χ2n) is 5.91. The first-order chi connectivity index (χ1) is 11.0. The van der Waals surface area contributed by atoms with E-state index in [1.807, 2.05) is 18.7 Å². The van der Waals surface area contributed by atoms with Gasteiger partial charge in [-0.15, -0.1) is 0 Å². The highest BCUT2D eigenvalue weighted by molar-refractivity contribution is 5.90. The van der Waals surface area contributed by atoms with E-state index in [1.54, 1.807) is 29.2 Å². The number of nitriles is 1. The predicted octanol–water partition coefficient (Wildman–Crippen LogP) is 2.28. The molecule has 3 amide bonds. The van der Waals surface area contributed by atoms with Crippen LogP contribution in [0.5, 0.6) is 0 Å². The van der Waals surface area contributed by atoms with Crippen LogP contribution in [0.25, 0.3) is 0 Å². The van der Waals surface area contributed by atoms with Gasteiger partial charge in [0.1, 0.15) is 6.07 Å². The maximum atomic E-state index is 12.4. The summed E-state index contributed by atoms with van der Waals surface area (Å²) < 4.78 is 0. The average Bonchev–Trinajstić information content (AvgIpc) is 2.80. The Hall–Kier alpha value is -2.55. The number of nitrogens with one attached hydrogen (secondary N) is 1. The number of carbonyl (C=O) groups is 2. The molecule has 1 fully saturated rings. The van der Waals surface area contributed by atoms with Gasteiger partial charge in [-0.2, -0.15) is 5.26 Å². The van der Waals surface area contributed by atoms with Crippen LogP contribution in [-0.2, 0) is 4.79 Å². The minimum absolute atomic E-state index is 0.0297. The number of anilines is 1. The molecule has 1 aromatic carbocycles. The second-order valence-corrected chi connectivity index (χ2v) is 5.91. The van der Waals surface area contributed by atoms with Crippen molar-refractivity contribution in [2.45, 2.75) is 20.3 Å². The van der Waals surface area contributed by atoms with Crippen LogP contribution in [-0.4, -0.2) is 47.9 Å². The van der Waals surface area contributed by atoms with Gasteiger partial charge in [0.2, 0.25) is 5.91 Å². The number of amides is 3. The van der Waals surface area contributed by atoms with Crippen LogP contribution in [0, 0.1) is 17.2 Å². The average molecular weight is 314 g/mol. The molecule has 1 saturated heterocycles. The third-order valence-electron chi connectivity index (χ3n) is 3.88. The van der Waals surface area contributed by atoms with Crippen molar-refractivity contribution in [3.8, 4) is 6.07 Å². The quantitative estimate of drug-likeness (QED) is 0.910. The third-order valence-corrected chi connectivity index (χ3v) is 3.88. The highest BCUT2D eigenvalue weighted by Gasteiger charge is 2.23. The number of hydrogen-bond acceptors (Lipinski definition) is 3. The summed E-state index contributed by atoms with van der Waals surface area (Å²) in [6.07, 6.45) is 0.756. The van der Waals surface area contributed by atoms with Gasteiger partial charge >= 0.3 is 6.03 Å². The lowest BCUT2D eigenvalue weighted by atomic mass is 10.2. The monoisotopic (exact) mass is 314 g/mol. The normalized spacial score (nSPS) is 15.0. The minimum Gasteiger partial charge on any atom is -0.341 e. The molecule has 122 valence electrons. The van der Waals surface area contributed by atoms with Crippen molar-refractivity contribution in [2.75, 3.05) is 31.5 Å². The van der Waals surface area contributed by atoms with E-state index in [1.165, 1.54) is 0 Å². The summed E-state index contributed by atoms with van der Waals surface area (Å²) in [6.45, 7) is 6.09. The molecule has 1 aliphatic heterocycles. The molecule has 0 unspecified atom stereocenters. The molecular formula is C17H22N4O2. The highest BCUT2D eigenvalue weighted by Crippen LogP contribution is 2.15. The number of urea groups is 1. The number of nitrogens with zero attached hydrogens (tertiary/aromatic N) is 3. The molecule has 6 heteroatoms. The molecule has 0 spiro atoms. The molecule has 2 rings (SSSR count). The summed E-state index contributed by atoms with van der Waals surface area (Å²) in [6, 6.07) is 8.75. The Morgan fingerprint density at radius 1 is 1.13 bits per heavy atom. The Kier molecular flexibility index (Phi) is 5.58. The summed E-state index contributed by atoms with van der Waals surface area (Å²) in [5.41, 5.74) is 0.951. The van der Waals surface area contributed by atoms with Gasteiger partial charge in [-0.1, -0.05) is 26.0 Å². The maximum absolute atomic E-state index is 12.4. The van der Waals surface area contributed by atoms with E-state index in [-0.39, 0.29) is 17.9 Å². The van der Waals surface area contributed by atoms with E-state index in [9.17, 15) is 9.59 Å². The zero-order valence-electron chi connectivity index (χ0n) is 13.6. The van der Waals surface area contributed by atoms with Gasteiger partial charge in [-0.3, -0.25) is 4.79 Å². The molecule has 0 saturated carbocycles. The van der Waals surface area contributed by atoms with Crippen molar-refractivity contribution < 1.29 is 9.59 Å². The van der Waals surface area contributed by atoms with Gasteiger partial charge < -0.3 is 15.1 Å². The van der Waals surface area contributed by atoms with Gasteiger partial charge in [-0.25, -0.2) is 4.79 Å². The molecule has 1 aromatic rings. The van der Waals surface area contributed by atoms with E-state index < -0.39 is 0 Å². The Morgan fingerprint density at radius 3 is 2.48 bits per heavy atom. The minimum atomic E-state index is -0.230. The number of benzene rings is 1. The van der Waals surface area contributed by atoms with Crippen molar-refractivity contribution in [3.05, 3.63) is 29.8 Å². The molecular weight excluding hydrogens is 292 g/mol. The van der Waals surface area contributed by atoms with Crippen LogP contribution < -0.4 is 5.32 Å². The SMILES string of the molecule is CC(C)C(=O)N1CCCN(C(=O)Nc2ccccc2C#N)CC1. The van der Waals surface area contributed by atoms with Gasteiger partial charge in [0.15, 0.2) is 0 Å². The Labute approximate surface area is 136 Å². The summed E-state index contributed by atoms with van der Waals surface area (Å²) >= 11 is 0. The highest BCUT2D eigenvalue weighted by atomic mass is 16.2. The van der Waals surface area contributed by atoms with Crippen molar-refractivity contribution in [1.29, 1.82) is 5.26 Å². The van der Waals surface area contributed by atoms with Crippen molar-refractivity contribution in [2.24, 2.45) is 5.92 Å². The standard InChI is InChI=1S/C17H22N4O2/c1-13(2)16(22)20-8-5-9-21(11-10-20)17(23)19-15-7-4-3-6-14(15)12-18/h3-4,6-7,13H,5,8-11H2,1-2H3,(H,19,23). The fraction of sp³-hybridized carbons (Fsp3) is 0.471. The van der Waals surface area contributed by atoms with E-state index in [2.05, 4.69) is 11.4 Å². The zero-order valence-corrected chi connectivity index (χ0v) is 13.6. The zero-order chi connectivity index (χ0) is 16.8. The molecule has 0 bridgehead atoms. The summed E-state index contributed by atoms with van der Waals surface area (Å²) in [4.78, 5) is 28.0. The summed E-state index contributed by atoms with van der Waals surface area (Å²) in [5.74, 6) is 0.0972. The fourth-order valence-electron chi connectivity index (χ4n) is 2.59. The predicted molar refractivity (Wildman–Crippen MR) is 87.8 cm³/mol. The molecule has 0 aliphatic carbocycles. The second kappa shape index (κ2) is 7.63. The van der Waals surface area contributed by atoms with Crippen LogP contribution in [0.15, 0.2) is 24.3 Å². The molecule has 1 aliphatic rings. The molecule has 1 heterocycles. The Bertz CT molecular complexity index is 621. The van der Waals surface area contributed by atoms with Crippen LogP contribution in [0.3, 0.4) is 0 Å². The molecule has 6 nitrogen and oxygen atoms in total. The Balaban J connectivity index is 1.98. The van der Waals surface area contributed by atoms with Crippen molar-refractivity contribution in [3.63, 3.8) is 0 Å². The van der Waals surface area contributed by atoms with Crippen molar-refractivity contribution in [1.82, 2.24) is 9.80 Å². The van der Waals surface area contributed by atoms with Gasteiger partial charge in [-0.05, 0) is 18.6 Å². The van der Waals surface area contributed by atoms with Crippen LogP contribution >= 0.6 is 0 Å².